The van der Waals surface area contributed by atoms with Gasteiger partial charge in [0.1, 0.15) is 0 Å². The van der Waals surface area contributed by atoms with Crippen molar-refractivity contribution in [2.45, 2.75) is 236 Å². The molecule has 540 valence electrons. The number of likely N-dealkylation sites (N-methyl/N-ethyl adjacent to an activating group) is 2. The number of nitrogens with zero attached hydrogens (tertiary/aromatic N) is 4. The SMILES string of the molecule is CN(C)CCN(Cc1cc(C(C)(C)C)cc(C(C)(C)C)c1[O-])Cc1cc(C(C)(C)C)cc(C(C)(C)C)c1[O-].CN(C)CCN(Cc1cc(C(C)(C)C)cc(C(C)(C)C)c1[O-])Cc1cc(C(C)(C)C)cc(C(C)(C)C)c1[O-].CO.CO.CO.CO.CO.CO.CO.[Co+2].[Co+2]. The molecule has 0 saturated carbocycles. The van der Waals surface area contributed by atoms with E-state index in [1.807, 2.05) is 0 Å². The average Bonchev–Trinajstić information content (AvgIpc) is 1.13. The quantitative estimate of drug-likeness (QED) is 0.0621. The van der Waals surface area contributed by atoms with Crippen LogP contribution in [0.2, 0.25) is 0 Å². The van der Waals surface area contributed by atoms with Crippen LogP contribution >= 0.6 is 0 Å². The number of rotatable bonds is 14. The van der Waals surface area contributed by atoms with E-state index in [1.54, 1.807) is 0 Å². The van der Waals surface area contributed by atoms with E-state index in [4.69, 9.17) is 35.7 Å². The van der Waals surface area contributed by atoms with E-state index in [0.717, 1.165) is 120 Å². The molecule has 4 rings (SSSR count). The van der Waals surface area contributed by atoms with Crippen molar-refractivity contribution in [3.8, 4) is 23.0 Å². The molecule has 15 nitrogen and oxygen atoms in total. The van der Waals surface area contributed by atoms with E-state index in [2.05, 4.69) is 262 Å². The Labute approximate surface area is 584 Å². The zero-order valence-electron chi connectivity index (χ0n) is 64.5. The van der Waals surface area contributed by atoms with Crippen molar-refractivity contribution in [1.82, 2.24) is 19.6 Å². The van der Waals surface area contributed by atoms with Gasteiger partial charge in [-0.05, 0) is 138 Å². The van der Waals surface area contributed by atoms with Crippen molar-refractivity contribution in [3.05, 3.63) is 115 Å². The molecule has 0 unspecified atom stereocenters. The molecule has 92 heavy (non-hydrogen) atoms. The Hall–Kier alpha value is -3.35. The van der Waals surface area contributed by atoms with Crippen LogP contribution in [0.4, 0.5) is 0 Å². The third kappa shape index (κ3) is 35.1. The number of aliphatic hydroxyl groups is 7. The molecule has 0 heterocycles. The minimum Gasteiger partial charge on any atom is -0.872 e. The Morgan fingerprint density at radius 3 is 0.500 bits per heavy atom. The molecule has 17 heteroatoms. The molecule has 0 aliphatic carbocycles. The molecule has 0 spiro atoms. The Morgan fingerprint density at radius 1 is 0.250 bits per heavy atom. The molecule has 4 aromatic carbocycles. The number of hydrogen-bond donors (Lipinski definition) is 7. The smallest absolute Gasteiger partial charge is 0.872 e. The summed E-state index contributed by atoms with van der Waals surface area (Å²) in [5, 5.41) is 104. The van der Waals surface area contributed by atoms with Crippen molar-refractivity contribution in [2.75, 3.05) is 104 Å². The predicted octanol–water partition coefficient (Wildman–Crippen LogP) is 10.4. The standard InChI is InChI=1S/2C34H56N2O2.7CH4O.2Co/c2*1-31(2,3)25-17-23(29(37)27(19-25)33(7,8)9)21-36(16-15-35(13)14)22-24-18-26(32(4,5)6)20-28(30(24)38)34(10,11)12;7*1-2;;/h2*17-20,37-38H,15-16,21-22H2,1-14H3;7*2H,1H3;;/q;;;;;;;;;2*+2/p-4. The third-order valence-electron chi connectivity index (χ3n) is 14.7. The van der Waals surface area contributed by atoms with Crippen molar-refractivity contribution in [2.24, 2.45) is 0 Å². The summed E-state index contributed by atoms with van der Waals surface area (Å²) in [6, 6.07) is 16.8. The van der Waals surface area contributed by atoms with Gasteiger partial charge in [-0.15, -0.1) is 23.0 Å². The van der Waals surface area contributed by atoms with Gasteiger partial charge in [0.15, 0.2) is 0 Å². The molecule has 0 aliphatic rings. The minimum atomic E-state index is -0.244. The van der Waals surface area contributed by atoms with Gasteiger partial charge in [0.25, 0.3) is 0 Å². The molecule has 0 aliphatic heterocycles. The largest absolute Gasteiger partial charge is 2.00 e. The van der Waals surface area contributed by atoms with Gasteiger partial charge in [0.2, 0.25) is 0 Å². The molecule has 0 fully saturated rings. The first-order valence-corrected chi connectivity index (χ1v) is 31.3. The minimum absolute atomic E-state index is 0. The van der Waals surface area contributed by atoms with E-state index in [0.29, 0.717) is 26.2 Å². The first-order valence-electron chi connectivity index (χ1n) is 31.3. The van der Waals surface area contributed by atoms with Gasteiger partial charge in [-0.3, -0.25) is 9.80 Å². The second-order valence-electron chi connectivity index (χ2n) is 31.1. The Kier molecular flexibility index (Phi) is 50.2. The molecule has 7 N–H and O–H groups in total. The van der Waals surface area contributed by atoms with Crippen LogP contribution in [0, 0.1) is 0 Å². The molecule has 2 radical (unpaired) electrons. The van der Waals surface area contributed by atoms with Crippen molar-refractivity contribution in [1.29, 1.82) is 0 Å². The molecule has 0 saturated heterocycles. The van der Waals surface area contributed by atoms with Crippen LogP contribution in [0.3, 0.4) is 0 Å². The second-order valence-corrected chi connectivity index (χ2v) is 31.1. The van der Waals surface area contributed by atoms with Gasteiger partial charge in [-0.1, -0.05) is 215 Å². The zero-order valence-corrected chi connectivity index (χ0v) is 66.6. The fourth-order valence-electron chi connectivity index (χ4n) is 9.26. The molecule has 0 bridgehead atoms. The first kappa shape index (κ1) is 102. The predicted molar refractivity (Wildman–Crippen MR) is 375 cm³/mol. The maximum atomic E-state index is 13.8. The summed E-state index contributed by atoms with van der Waals surface area (Å²) in [4.78, 5) is 8.87. The summed E-state index contributed by atoms with van der Waals surface area (Å²) in [5.41, 5.74) is 10.2. The van der Waals surface area contributed by atoms with Crippen LogP contribution in [-0.4, -0.2) is 159 Å². The van der Waals surface area contributed by atoms with E-state index in [1.165, 1.54) is 22.3 Å². The summed E-state index contributed by atoms with van der Waals surface area (Å²) in [5.74, 6) is 0.506. The topological polar surface area (TPSA) is 247 Å². The van der Waals surface area contributed by atoms with E-state index in [-0.39, 0.29) is 99.9 Å². The van der Waals surface area contributed by atoms with Crippen molar-refractivity contribution in [3.63, 3.8) is 0 Å². The molecular weight excluding hydrogens is 1250 g/mol. The monoisotopic (exact) mass is 1390 g/mol. The van der Waals surface area contributed by atoms with Gasteiger partial charge >= 0.3 is 33.6 Å². The van der Waals surface area contributed by atoms with Crippen LogP contribution in [0.5, 0.6) is 23.0 Å². The summed E-state index contributed by atoms with van der Waals surface area (Å²) < 4.78 is 0. The van der Waals surface area contributed by atoms with Gasteiger partial charge < -0.3 is 66.0 Å². The van der Waals surface area contributed by atoms with Crippen LogP contribution in [0.25, 0.3) is 0 Å². The molecular formula is C75H136Co2N4O11. The maximum Gasteiger partial charge on any atom is 2.00 e. The molecule has 0 amide bonds. The van der Waals surface area contributed by atoms with E-state index >= 15 is 0 Å². The number of hydrogen-bond acceptors (Lipinski definition) is 15. The maximum absolute atomic E-state index is 13.8. The molecule has 4 aromatic rings. The summed E-state index contributed by atoms with van der Waals surface area (Å²) in [6.07, 6.45) is 0. The van der Waals surface area contributed by atoms with E-state index in [9.17, 15) is 20.4 Å². The molecule has 0 atom stereocenters. The summed E-state index contributed by atoms with van der Waals surface area (Å²) in [7, 11) is 15.2. The van der Waals surface area contributed by atoms with Crippen LogP contribution < -0.4 is 20.4 Å². The van der Waals surface area contributed by atoms with Crippen molar-refractivity contribution >= 4 is 0 Å². The van der Waals surface area contributed by atoms with Gasteiger partial charge in [0.05, 0.1) is 0 Å². The van der Waals surface area contributed by atoms with Crippen molar-refractivity contribution < 1.29 is 89.7 Å². The van der Waals surface area contributed by atoms with Crippen LogP contribution in [-0.2, 0) is 103 Å². The average molecular weight is 1390 g/mol. The normalized spacial score (nSPS) is 11.7. The Bertz CT molecular complexity index is 2260. The number of aliphatic hydroxyl groups excluding tert-OH is 7. The fraction of sp³-hybridized carbons (Fsp3) is 0.680. The summed E-state index contributed by atoms with van der Waals surface area (Å²) >= 11 is 0. The second kappa shape index (κ2) is 45.2. The van der Waals surface area contributed by atoms with Gasteiger partial charge in [0, 0.05) is 102 Å². The van der Waals surface area contributed by atoms with Gasteiger partial charge in [-0.25, -0.2) is 0 Å². The number of benzene rings is 4. The third-order valence-corrected chi connectivity index (χ3v) is 14.7. The van der Waals surface area contributed by atoms with E-state index < -0.39 is 0 Å². The van der Waals surface area contributed by atoms with Crippen LogP contribution in [0.1, 0.15) is 233 Å². The summed E-state index contributed by atoms with van der Waals surface area (Å²) in [6.45, 7) is 57.0. The zero-order chi connectivity index (χ0) is 72.9. The van der Waals surface area contributed by atoms with Crippen LogP contribution in [0.15, 0.2) is 48.5 Å². The van der Waals surface area contributed by atoms with Gasteiger partial charge in [-0.2, -0.15) is 0 Å². The Morgan fingerprint density at radius 2 is 0.391 bits per heavy atom. The first-order chi connectivity index (χ1) is 41.0. The Balaban J connectivity index is -0.000000259. The fourth-order valence-corrected chi connectivity index (χ4v) is 9.26. The molecule has 0 aromatic heterocycles.